The van der Waals surface area contributed by atoms with Gasteiger partial charge < -0.3 is 24.3 Å². The van der Waals surface area contributed by atoms with Crippen LogP contribution >= 0.6 is 11.6 Å². The van der Waals surface area contributed by atoms with E-state index in [2.05, 4.69) is 41.9 Å². The number of ether oxygens (including phenoxy) is 1. The lowest BCUT2D eigenvalue weighted by Gasteiger charge is -2.45. The van der Waals surface area contributed by atoms with Gasteiger partial charge in [-0.15, -0.1) is 0 Å². The van der Waals surface area contributed by atoms with Crippen molar-refractivity contribution in [3.05, 3.63) is 93.8 Å². The van der Waals surface area contributed by atoms with E-state index in [0.29, 0.717) is 42.5 Å². The highest BCUT2D eigenvalue weighted by Crippen LogP contribution is 2.44. The maximum absolute atomic E-state index is 13.6. The largest absolute Gasteiger partial charge is 0.377 e. The number of hydrogen-bond donors (Lipinski definition) is 1. The first-order valence-electron chi connectivity index (χ1n) is 21.4. The van der Waals surface area contributed by atoms with Crippen molar-refractivity contribution >= 4 is 63.9 Å². The summed E-state index contributed by atoms with van der Waals surface area (Å²) < 4.78 is 6.20. The second-order valence-corrected chi connectivity index (χ2v) is 18.0. The number of piperidine rings is 3. The summed E-state index contributed by atoms with van der Waals surface area (Å²) in [7, 11) is 1.77. The molecule has 5 fully saturated rings. The summed E-state index contributed by atoms with van der Waals surface area (Å²) in [6.07, 6.45) is 5.11. The van der Waals surface area contributed by atoms with Gasteiger partial charge in [-0.25, -0.2) is 4.85 Å². The van der Waals surface area contributed by atoms with Crippen molar-refractivity contribution in [3.63, 3.8) is 0 Å². The van der Waals surface area contributed by atoms with Crippen LogP contribution in [0.2, 0.25) is 5.02 Å². The standard InChI is InChI=1S/C46H51ClN8O6/c1-48-38-10-8-34(28-37(38)47)54-20-15-45(29-54)13-18-51(19-14-45)32-5-3-31(4-6-32)42(58)53-25-23-50(24-26-53)30-46(61-2)16-21-52(22-17-46)33-7-9-35-36(27-33)44(60)55(43(35)59)39-11-12-40(56)49-41(39)57/h3-10,27-28,39H,11-26,29-30H2,2H3,(H,49,56,57). The minimum atomic E-state index is -0.993. The molecule has 0 aliphatic carbocycles. The van der Waals surface area contributed by atoms with Gasteiger partial charge in [-0.2, -0.15) is 0 Å². The minimum absolute atomic E-state index is 0.0592. The van der Waals surface area contributed by atoms with E-state index < -0.39 is 29.7 Å². The Balaban J connectivity index is 0.737. The molecule has 3 aromatic carbocycles. The van der Waals surface area contributed by atoms with E-state index in [0.717, 1.165) is 99.9 Å². The van der Waals surface area contributed by atoms with Crippen molar-refractivity contribution in [1.82, 2.24) is 20.0 Å². The van der Waals surface area contributed by atoms with Crippen LogP contribution in [0.4, 0.5) is 22.7 Å². The molecule has 1 N–H and O–H groups in total. The molecule has 0 saturated carbocycles. The number of carbonyl (C=O) groups is 5. The predicted molar refractivity (Wildman–Crippen MR) is 232 cm³/mol. The first kappa shape index (κ1) is 40.9. The zero-order valence-electron chi connectivity index (χ0n) is 34.5. The molecule has 0 radical (unpaired) electrons. The van der Waals surface area contributed by atoms with Gasteiger partial charge in [0.15, 0.2) is 0 Å². The molecule has 6 aliphatic rings. The van der Waals surface area contributed by atoms with Crippen molar-refractivity contribution in [3.8, 4) is 0 Å². The molecule has 15 heteroatoms. The predicted octanol–water partition coefficient (Wildman–Crippen LogP) is 5.23. The number of carbonyl (C=O) groups excluding carboxylic acids is 5. The number of piperazine rings is 1. The van der Waals surface area contributed by atoms with E-state index in [-0.39, 0.29) is 40.9 Å². The molecule has 6 aliphatic heterocycles. The van der Waals surface area contributed by atoms with Gasteiger partial charge in [0.05, 0.1) is 23.3 Å². The molecule has 5 amide bonds. The number of benzene rings is 3. The van der Waals surface area contributed by atoms with Crippen molar-refractivity contribution in [1.29, 1.82) is 0 Å². The van der Waals surface area contributed by atoms with Gasteiger partial charge in [0, 0.05) is 113 Å². The number of methoxy groups -OCH3 is 1. The van der Waals surface area contributed by atoms with E-state index in [1.807, 2.05) is 41.3 Å². The van der Waals surface area contributed by atoms with Crippen LogP contribution in [0.1, 0.15) is 76.0 Å². The number of halogens is 1. The van der Waals surface area contributed by atoms with Crippen LogP contribution in [0.3, 0.4) is 0 Å². The van der Waals surface area contributed by atoms with Crippen molar-refractivity contribution in [2.75, 3.05) is 93.8 Å². The molecular weight excluding hydrogens is 796 g/mol. The number of hydrogen-bond acceptors (Lipinski definition) is 10. The monoisotopic (exact) mass is 846 g/mol. The Morgan fingerprint density at radius 2 is 1.38 bits per heavy atom. The van der Waals surface area contributed by atoms with Crippen LogP contribution in [0.15, 0.2) is 60.7 Å². The Labute approximate surface area is 361 Å². The van der Waals surface area contributed by atoms with E-state index in [1.54, 1.807) is 19.2 Å². The minimum Gasteiger partial charge on any atom is -0.377 e. The third-order valence-corrected chi connectivity index (χ3v) is 14.5. The number of rotatable bonds is 8. The lowest BCUT2D eigenvalue weighted by molar-refractivity contribution is -0.136. The maximum atomic E-state index is 13.6. The SMILES string of the molecule is [C-]#[N+]c1ccc(N2CCC3(CCN(c4ccc(C(=O)N5CCN(CC6(OC)CCN(c7ccc8c(c7)C(=O)N(C7CCC(=O)NC7=O)C8=O)CC6)CC5)cc4)CC3)C2)cc1Cl. The maximum Gasteiger partial charge on any atom is 0.262 e. The highest BCUT2D eigenvalue weighted by molar-refractivity contribution is 6.33. The van der Waals surface area contributed by atoms with Crippen LogP contribution < -0.4 is 20.0 Å². The Kier molecular flexibility index (Phi) is 11.0. The van der Waals surface area contributed by atoms with Gasteiger partial charge >= 0.3 is 0 Å². The van der Waals surface area contributed by atoms with Crippen LogP contribution in [-0.4, -0.2) is 135 Å². The van der Waals surface area contributed by atoms with Crippen LogP contribution in [0, 0.1) is 12.0 Å². The average Bonchev–Trinajstić information content (AvgIpc) is 3.81. The number of anilines is 3. The van der Waals surface area contributed by atoms with Gasteiger partial charge in [-0.3, -0.25) is 39.1 Å². The first-order chi connectivity index (χ1) is 29.5. The quantitative estimate of drug-likeness (QED) is 0.238. The van der Waals surface area contributed by atoms with Crippen molar-refractivity contribution in [2.45, 2.75) is 56.6 Å². The summed E-state index contributed by atoms with van der Waals surface area (Å²) >= 11 is 6.35. The molecule has 5 saturated heterocycles. The molecule has 1 atom stereocenters. The summed E-state index contributed by atoms with van der Waals surface area (Å²) in [5.41, 5.74) is 4.76. The van der Waals surface area contributed by atoms with E-state index in [4.69, 9.17) is 22.9 Å². The zero-order valence-corrected chi connectivity index (χ0v) is 35.3. The molecule has 1 spiro atoms. The molecule has 3 aromatic rings. The number of amides is 5. The summed E-state index contributed by atoms with van der Waals surface area (Å²) in [4.78, 5) is 80.3. The Morgan fingerprint density at radius 1 is 0.770 bits per heavy atom. The number of fused-ring (bicyclic) bond motifs is 1. The summed E-state index contributed by atoms with van der Waals surface area (Å²) in [6, 6.07) is 18.1. The fourth-order valence-electron chi connectivity index (χ4n) is 10.4. The molecule has 14 nitrogen and oxygen atoms in total. The van der Waals surface area contributed by atoms with Crippen molar-refractivity contribution in [2.24, 2.45) is 5.41 Å². The lowest BCUT2D eigenvalue weighted by Crippen LogP contribution is -2.56. The fourth-order valence-corrected chi connectivity index (χ4v) is 10.6. The Morgan fingerprint density at radius 3 is 2.03 bits per heavy atom. The Hall–Kier alpha value is -5.49. The van der Waals surface area contributed by atoms with Crippen molar-refractivity contribution < 1.29 is 28.7 Å². The van der Waals surface area contributed by atoms with Crippen LogP contribution in [-0.2, 0) is 14.3 Å². The summed E-state index contributed by atoms with van der Waals surface area (Å²) in [6.45, 7) is 16.2. The molecule has 0 bridgehead atoms. The third-order valence-electron chi connectivity index (χ3n) is 14.2. The molecule has 6 heterocycles. The first-order valence-corrected chi connectivity index (χ1v) is 21.8. The molecular formula is C46H51ClN8O6. The summed E-state index contributed by atoms with van der Waals surface area (Å²) in [5, 5.41) is 2.76. The second-order valence-electron chi connectivity index (χ2n) is 17.6. The van der Waals surface area contributed by atoms with E-state index in [1.165, 1.54) is 0 Å². The average molecular weight is 847 g/mol. The normalized spacial score (nSPS) is 22.8. The van der Waals surface area contributed by atoms with Gasteiger partial charge in [-0.05, 0) is 98.5 Å². The molecule has 0 aromatic heterocycles. The van der Waals surface area contributed by atoms with Gasteiger partial charge in [-0.1, -0.05) is 17.7 Å². The second kappa shape index (κ2) is 16.4. The topological polar surface area (TPSA) is 130 Å². The number of nitrogens with one attached hydrogen (secondary N) is 1. The van der Waals surface area contributed by atoms with E-state index in [9.17, 15) is 24.0 Å². The van der Waals surface area contributed by atoms with Crippen LogP contribution in [0.5, 0.6) is 0 Å². The Bertz CT molecular complexity index is 2290. The van der Waals surface area contributed by atoms with Gasteiger partial charge in [0.1, 0.15) is 6.04 Å². The van der Waals surface area contributed by atoms with E-state index >= 15 is 0 Å². The smallest absolute Gasteiger partial charge is 0.262 e. The summed E-state index contributed by atoms with van der Waals surface area (Å²) in [5.74, 6) is -1.98. The molecule has 318 valence electrons. The highest BCUT2D eigenvalue weighted by Gasteiger charge is 2.46. The van der Waals surface area contributed by atoms with Gasteiger partial charge in [0.2, 0.25) is 17.5 Å². The highest BCUT2D eigenvalue weighted by atomic mass is 35.5. The number of imide groups is 2. The third kappa shape index (κ3) is 7.83. The lowest BCUT2D eigenvalue weighted by atomic mass is 9.77. The number of nitrogens with zero attached hydrogens (tertiary/aromatic N) is 7. The van der Waals surface area contributed by atoms with Gasteiger partial charge in [0.25, 0.3) is 17.7 Å². The molecule has 9 rings (SSSR count). The van der Waals surface area contributed by atoms with Crippen LogP contribution in [0.25, 0.3) is 4.85 Å². The molecule has 1 unspecified atom stereocenters. The fraction of sp³-hybridized carbons (Fsp3) is 0.478. The zero-order chi connectivity index (χ0) is 42.5. The molecule has 61 heavy (non-hydrogen) atoms.